The minimum absolute atomic E-state index is 0.0932. The van der Waals surface area contributed by atoms with Crippen LogP contribution in [0.2, 0.25) is 0 Å². The number of rotatable bonds is 5. The molecule has 160 valence electrons. The van der Waals surface area contributed by atoms with E-state index in [4.69, 9.17) is 0 Å². The summed E-state index contributed by atoms with van der Waals surface area (Å²) in [7, 11) is 1.98. The van der Waals surface area contributed by atoms with Crippen LogP contribution in [0, 0.1) is 6.92 Å². The Labute approximate surface area is 192 Å². The molecule has 1 heterocycles. The highest BCUT2D eigenvalue weighted by molar-refractivity contribution is 6.20. The van der Waals surface area contributed by atoms with E-state index in [1.54, 1.807) is 18.2 Å². The zero-order valence-corrected chi connectivity index (χ0v) is 18.6. The third-order valence-electron chi connectivity index (χ3n) is 6.09. The van der Waals surface area contributed by atoms with Gasteiger partial charge < -0.3 is 4.57 Å². The molecule has 0 bridgehead atoms. The summed E-state index contributed by atoms with van der Waals surface area (Å²) in [6.07, 6.45) is 0. The maximum Gasteiger partial charge on any atom is 0.193 e. The highest BCUT2D eigenvalue weighted by Gasteiger charge is 2.21. The van der Waals surface area contributed by atoms with Gasteiger partial charge in [0, 0.05) is 45.9 Å². The Morgan fingerprint density at radius 1 is 0.636 bits per heavy atom. The molecule has 0 saturated heterocycles. The summed E-state index contributed by atoms with van der Waals surface area (Å²) in [5, 5.41) is 0.839. The van der Waals surface area contributed by atoms with Gasteiger partial charge in [0.1, 0.15) is 0 Å². The largest absolute Gasteiger partial charge is 0.344 e. The van der Waals surface area contributed by atoms with Crippen LogP contribution in [0.3, 0.4) is 0 Å². The summed E-state index contributed by atoms with van der Waals surface area (Å²) in [5.41, 5.74) is 6.34. The van der Waals surface area contributed by atoms with Crippen molar-refractivity contribution in [3.05, 3.63) is 131 Å². The second-order valence-electron chi connectivity index (χ2n) is 8.30. The maximum absolute atomic E-state index is 13.6. The van der Waals surface area contributed by atoms with E-state index in [1.807, 2.05) is 67.7 Å². The van der Waals surface area contributed by atoms with Crippen molar-refractivity contribution < 1.29 is 9.59 Å². The number of benzene rings is 4. The minimum Gasteiger partial charge on any atom is -0.344 e. The molecular weight excluding hydrogens is 406 g/mol. The van der Waals surface area contributed by atoms with Crippen molar-refractivity contribution in [1.82, 2.24) is 4.57 Å². The predicted molar refractivity (Wildman–Crippen MR) is 133 cm³/mol. The number of ketones is 2. The molecular formula is C30H23NO2. The Morgan fingerprint density at radius 3 is 1.82 bits per heavy atom. The monoisotopic (exact) mass is 429 g/mol. The van der Waals surface area contributed by atoms with Gasteiger partial charge in [0.2, 0.25) is 0 Å². The molecule has 0 aliphatic rings. The summed E-state index contributed by atoms with van der Waals surface area (Å²) in [6.45, 7) is 2.06. The lowest BCUT2D eigenvalue weighted by Gasteiger charge is -2.09. The number of carbonyl (C=O) groups is 2. The fourth-order valence-electron chi connectivity index (χ4n) is 4.25. The predicted octanol–water partition coefficient (Wildman–Crippen LogP) is 6.62. The van der Waals surface area contributed by atoms with Crippen molar-refractivity contribution in [1.29, 1.82) is 0 Å². The van der Waals surface area contributed by atoms with Crippen LogP contribution in [0.4, 0.5) is 0 Å². The van der Waals surface area contributed by atoms with Gasteiger partial charge in [-0.1, -0.05) is 90.5 Å². The Hall–Kier alpha value is -4.24. The average Bonchev–Trinajstić information content (AvgIpc) is 3.20. The molecule has 0 aliphatic carbocycles. The van der Waals surface area contributed by atoms with Gasteiger partial charge >= 0.3 is 0 Å². The first-order valence-corrected chi connectivity index (χ1v) is 10.9. The van der Waals surface area contributed by atoms with Gasteiger partial charge in [-0.2, -0.15) is 0 Å². The Kier molecular flexibility index (Phi) is 5.23. The van der Waals surface area contributed by atoms with Crippen LogP contribution in [0.15, 0.2) is 103 Å². The second kappa shape index (κ2) is 8.36. The Balaban J connectivity index is 1.75. The summed E-state index contributed by atoms with van der Waals surface area (Å²) in [6, 6.07) is 32.4. The SMILES string of the molecule is Cc1ccc(-c2cc3c(C(=O)c4ccccc4)cc(C(=O)c4ccccc4)cc3n2C)cc1. The zero-order valence-electron chi connectivity index (χ0n) is 18.6. The van der Waals surface area contributed by atoms with Crippen molar-refractivity contribution in [2.24, 2.45) is 7.05 Å². The van der Waals surface area contributed by atoms with E-state index in [2.05, 4.69) is 35.8 Å². The molecule has 0 spiro atoms. The van der Waals surface area contributed by atoms with Crippen LogP contribution in [0.1, 0.15) is 37.4 Å². The van der Waals surface area contributed by atoms with Gasteiger partial charge in [-0.3, -0.25) is 9.59 Å². The smallest absolute Gasteiger partial charge is 0.193 e. The van der Waals surface area contributed by atoms with Crippen LogP contribution < -0.4 is 0 Å². The number of aromatic nitrogens is 1. The van der Waals surface area contributed by atoms with Crippen molar-refractivity contribution >= 4 is 22.5 Å². The van der Waals surface area contributed by atoms with Crippen molar-refractivity contribution in [2.45, 2.75) is 6.92 Å². The van der Waals surface area contributed by atoms with E-state index in [0.717, 1.165) is 22.2 Å². The van der Waals surface area contributed by atoms with Gasteiger partial charge in [0.15, 0.2) is 11.6 Å². The molecule has 0 atom stereocenters. The first-order valence-electron chi connectivity index (χ1n) is 10.9. The molecule has 0 radical (unpaired) electrons. The fraction of sp³-hybridized carbons (Fsp3) is 0.0667. The van der Waals surface area contributed by atoms with E-state index < -0.39 is 0 Å². The van der Waals surface area contributed by atoms with Gasteiger partial charge in [-0.05, 0) is 30.7 Å². The summed E-state index contributed by atoms with van der Waals surface area (Å²) >= 11 is 0. The van der Waals surface area contributed by atoms with Crippen LogP contribution in [-0.2, 0) is 7.05 Å². The highest BCUT2D eigenvalue weighted by atomic mass is 16.1. The standard InChI is InChI=1S/C30H23NO2/c1-20-13-15-21(16-14-20)27-19-25-26(30(33)23-11-7-4-8-12-23)17-24(18-28(25)31(27)2)29(32)22-9-5-3-6-10-22/h3-19H,1-2H3. The quantitative estimate of drug-likeness (QED) is 0.295. The number of hydrogen-bond acceptors (Lipinski definition) is 2. The third kappa shape index (κ3) is 3.79. The number of fused-ring (bicyclic) bond motifs is 1. The third-order valence-corrected chi connectivity index (χ3v) is 6.09. The Morgan fingerprint density at radius 2 is 1.21 bits per heavy atom. The van der Waals surface area contributed by atoms with Crippen LogP contribution in [-0.4, -0.2) is 16.1 Å². The minimum atomic E-state index is -0.0994. The molecule has 33 heavy (non-hydrogen) atoms. The molecule has 0 fully saturated rings. The van der Waals surface area contributed by atoms with E-state index in [0.29, 0.717) is 22.3 Å². The summed E-state index contributed by atoms with van der Waals surface area (Å²) < 4.78 is 2.06. The molecule has 3 nitrogen and oxygen atoms in total. The van der Waals surface area contributed by atoms with E-state index in [9.17, 15) is 9.59 Å². The first kappa shape index (κ1) is 20.7. The highest BCUT2D eigenvalue weighted by Crippen LogP contribution is 2.32. The number of aryl methyl sites for hydroxylation is 2. The topological polar surface area (TPSA) is 39.1 Å². The maximum atomic E-state index is 13.6. The van der Waals surface area contributed by atoms with Gasteiger partial charge in [0.25, 0.3) is 0 Å². The normalized spacial score (nSPS) is 11.0. The van der Waals surface area contributed by atoms with Crippen LogP contribution in [0.5, 0.6) is 0 Å². The zero-order chi connectivity index (χ0) is 22.9. The first-order chi connectivity index (χ1) is 16.0. The lowest BCUT2D eigenvalue weighted by Crippen LogP contribution is -2.07. The van der Waals surface area contributed by atoms with E-state index >= 15 is 0 Å². The molecule has 3 heteroatoms. The molecule has 0 aliphatic heterocycles. The van der Waals surface area contributed by atoms with Crippen LogP contribution >= 0.6 is 0 Å². The van der Waals surface area contributed by atoms with Crippen LogP contribution in [0.25, 0.3) is 22.2 Å². The van der Waals surface area contributed by atoms with Gasteiger partial charge in [-0.15, -0.1) is 0 Å². The molecule has 1 aromatic heterocycles. The molecule has 5 aromatic rings. The molecule has 0 amide bonds. The molecule has 0 saturated carbocycles. The van der Waals surface area contributed by atoms with Crippen molar-refractivity contribution in [3.63, 3.8) is 0 Å². The molecule has 0 unspecified atom stereocenters. The number of carbonyl (C=O) groups excluding carboxylic acids is 2. The molecule has 5 rings (SSSR count). The lowest BCUT2D eigenvalue weighted by molar-refractivity contribution is 0.103. The molecule has 4 aromatic carbocycles. The van der Waals surface area contributed by atoms with E-state index in [1.165, 1.54) is 5.56 Å². The number of hydrogen-bond donors (Lipinski definition) is 0. The molecule has 0 N–H and O–H groups in total. The Bertz CT molecular complexity index is 1480. The van der Waals surface area contributed by atoms with Gasteiger partial charge in [-0.25, -0.2) is 0 Å². The lowest BCUT2D eigenvalue weighted by atomic mass is 9.94. The van der Waals surface area contributed by atoms with E-state index in [-0.39, 0.29) is 11.6 Å². The summed E-state index contributed by atoms with van der Waals surface area (Å²) in [5.74, 6) is -0.193. The summed E-state index contributed by atoms with van der Waals surface area (Å²) in [4.78, 5) is 26.9. The average molecular weight is 430 g/mol. The number of nitrogens with zero attached hydrogens (tertiary/aromatic N) is 1. The van der Waals surface area contributed by atoms with Gasteiger partial charge in [0.05, 0.1) is 0 Å². The van der Waals surface area contributed by atoms with Crippen molar-refractivity contribution in [2.75, 3.05) is 0 Å². The fourth-order valence-corrected chi connectivity index (χ4v) is 4.25. The second-order valence-corrected chi connectivity index (χ2v) is 8.30. The van der Waals surface area contributed by atoms with Crippen molar-refractivity contribution in [3.8, 4) is 11.3 Å².